The highest BCUT2D eigenvalue weighted by molar-refractivity contribution is 7.11. The second-order valence-corrected chi connectivity index (χ2v) is 6.37. The van der Waals surface area contributed by atoms with Gasteiger partial charge in [-0.3, -0.25) is 4.98 Å². The van der Waals surface area contributed by atoms with Crippen molar-refractivity contribution in [3.8, 4) is 0 Å². The average molecular weight is 289 g/mol. The molecule has 0 aromatic carbocycles. The molecular formula is C15H19N3OS. The van der Waals surface area contributed by atoms with Crippen molar-refractivity contribution >= 4 is 11.3 Å². The molecule has 1 atom stereocenters. The number of thiazole rings is 1. The maximum Gasteiger partial charge on any atom is 0.0959 e. The number of nitrogens with one attached hydrogen (secondary N) is 1. The Balaban J connectivity index is 1.46. The zero-order valence-corrected chi connectivity index (χ0v) is 12.1. The Bertz CT molecular complexity index is 539. The third kappa shape index (κ3) is 3.23. The van der Waals surface area contributed by atoms with Crippen LogP contribution in [-0.2, 0) is 6.54 Å². The molecule has 1 fully saturated rings. The van der Waals surface area contributed by atoms with E-state index in [0.717, 1.165) is 12.1 Å². The van der Waals surface area contributed by atoms with Gasteiger partial charge in [0.25, 0.3) is 0 Å². The number of aromatic nitrogens is 2. The second-order valence-electron chi connectivity index (χ2n) is 5.22. The third-order valence-corrected chi connectivity index (χ3v) is 4.91. The molecule has 0 radical (unpaired) electrons. The van der Waals surface area contributed by atoms with E-state index in [1.165, 1.54) is 29.1 Å². The summed E-state index contributed by atoms with van der Waals surface area (Å²) in [5.74, 6) is 0.705. The molecule has 2 N–H and O–H groups in total. The van der Waals surface area contributed by atoms with Crippen molar-refractivity contribution in [2.75, 3.05) is 6.54 Å². The number of aliphatic hydroxyl groups excluding tert-OH is 1. The molecule has 0 saturated heterocycles. The van der Waals surface area contributed by atoms with E-state index in [-0.39, 0.29) is 0 Å². The van der Waals surface area contributed by atoms with Crippen molar-refractivity contribution in [3.05, 3.63) is 46.2 Å². The van der Waals surface area contributed by atoms with Crippen molar-refractivity contribution in [2.24, 2.45) is 0 Å². The number of hydrogen-bond donors (Lipinski definition) is 2. The maximum atomic E-state index is 10.0. The van der Waals surface area contributed by atoms with Crippen LogP contribution < -0.4 is 5.32 Å². The quantitative estimate of drug-likeness (QED) is 0.858. The van der Waals surface area contributed by atoms with Gasteiger partial charge in [0, 0.05) is 42.5 Å². The molecule has 0 amide bonds. The van der Waals surface area contributed by atoms with Gasteiger partial charge in [-0.25, -0.2) is 4.98 Å². The summed E-state index contributed by atoms with van der Waals surface area (Å²) in [6, 6.07) is 3.68. The highest BCUT2D eigenvalue weighted by atomic mass is 32.1. The zero-order valence-electron chi connectivity index (χ0n) is 11.3. The monoisotopic (exact) mass is 289 g/mol. The smallest absolute Gasteiger partial charge is 0.0959 e. The molecule has 0 aliphatic heterocycles. The van der Waals surface area contributed by atoms with Crippen LogP contribution in [0.2, 0.25) is 0 Å². The third-order valence-electron chi connectivity index (χ3n) is 3.75. The molecule has 3 rings (SSSR count). The van der Waals surface area contributed by atoms with E-state index in [0.29, 0.717) is 12.5 Å². The van der Waals surface area contributed by atoms with E-state index in [1.54, 1.807) is 23.7 Å². The van der Waals surface area contributed by atoms with E-state index < -0.39 is 6.10 Å². The van der Waals surface area contributed by atoms with Gasteiger partial charge in [-0.2, -0.15) is 0 Å². The van der Waals surface area contributed by atoms with Gasteiger partial charge in [0.05, 0.1) is 11.1 Å². The van der Waals surface area contributed by atoms with Crippen LogP contribution in [0.3, 0.4) is 0 Å². The van der Waals surface area contributed by atoms with Crippen molar-refractivity contribution < 1.29 is 5.11 Å². The fourth-order valence-electron chi connectivity index (χ4n) is 2.28. The van der Waals surface area contributed by atoms with Crippen molar-refractivity contribution in [1.29, 1.82) is 0 Å². The summed E-state index contributed by atoms with van der Waals surface area (Å²) in [4.78, 5) is 9.70. The Morgan fingerprint density at radius 1 is 1.35 bits per heavy atom. The zero-order chi connectivity index (χ0) is 13.8. The van der Waals surface area contributed by atoms with Crippen LogP contribution >= 0.6 is 11.3 Å². The first kappa shape index (κ1) is 13.7. The molecule has 5 heteroatoms. The first-order valence-electron chi connectivity index (χ1n) is 7.06. The fraction of sp³-hybridized carbons (Fsp3) is 0.467. The minimum absolute atomic E-state index is 0.489. The van der Waals surface area contributed by atoms with Crippen LogP contribution in [0.4, 0.5) is 0 Å². The predicted molar refractivity (Wildman–Crippen MR) is 79.6 cm³/mol. The van der Waals surface area contributed by atoms with E-state index in [9.17, 15) is 5.11 Å². The Hall–Kier alpha value is -1.30. The van der Waals surface area contributed by atoms with Gasteiger partial charge in [-0.05, 0) is 30.5 Å². The Morgan fingerprint density at radius 2 is 2.15 bits per heavy atom. The van der Waals surface area contributed by atoms with Crippen molar-refractivity contribution in [3.63, 3.8) is 0 Å². The summed E-state index contributed by atoms with van der Waals surface area (Å²) in [5.41, 5.74) is 0.895. The largest absolute Gasteiger partial charge is 0.387 e. The van der Waals surface area contributed by atoms with Crippen molar-refractivity contribution in [2.45, 2.75) is 37.8 Å². The van der Waals surface area contributed by atoms with Gasteiger partial charge < -0.3 is 10.4 Å². The summed E-state index contributed by atoms with van der Waals surface area (Å²) >= 11 is 1.80. The molecule has 1 unspecified atom stereocenters. The molecule has 0 bridgehead atoms. The summed E-state index contributed by atoms with van der Waals surface area (Å²) in [6.07, 6.45) is 8.80. The van der Waals surface area contributed by atoms with Crippen LogP contribution in [0.15, 0.2) is 30.7 Å². The minimum atomic E-state index is -0.489. The molecule has 106 valence electrons. The summed E-state index contributed by atoms with van der Waals surface area (Å²) < 4.78 is 0. The van der Waals surface area contributed by atoms with Crippen LogP contribution in [0.25, 0.3) is 0 Å². The molecule has 2 aromatic rings. The Labute approximate surface area is 122 Å². The lowest BCUT2D eigenvalue weighted by atomic mass is 9.86. The molecule has 0 spiro atoms. The Kier molecular flexibility index (Phi) is 4.40. The standard InChI is InChI=1S/C15H19N3OS/c19-14(11-4-6-16-7-5-11)10-17-8-13-9-18-15(20-13)12-2-1-3-12/h4-7,9,12,14,17,19H,1-3,8,10H2. The average Bonchev–Trinajstić information content (AvgIpc) is 2.86. The summed E-state index contributed by atoms with van der Waals surface area (Å²) in [7, 11) is 0. The molecular weight excluding hydrogens is 270 g/mol. The molecule has 2 aromatic heterocycles. The number of aliphatic hydroxyl groups is 1. The lowest BCUT2D eigenvalue weighted by Crippen LogP contribution is -2.20. The lowest BCUT2D eigenvalue weighted by molar-refractivity contribution is 0.174. The van der Waals surface area contributed by atoms with Crippen LogP contribution in [0.1, 0.15) is 46.7 Å². The van der Waals surface area contributed by atoms with E-state index in [4.69, 9.17) is 0 Å². The topological polar surface area (TPSA) is 58.0 Å². The predicted octanol–water partition coefficient (Wildman–Crippen LogP) is 2.63. The Morgan fingerprint density at radius 3 is 2.85 bits per heavy atom. The normalized spacial score (nSPS) is 16.9. The number of rotatable bonds is 6. The van der Waals surface area contributed by atoms with Gasteiger partial charge in [0.2, 0.25) is 0 Å². The van der Waals surface area contributed by atoms with Crippen LogP contribution in [0.5, 0.6) is 0 Å². The molecule has 1 saturated carbocycles. The van der Waals surface area contributed by atoms with E-state index in [2.05, 4.69) is 15.3 Å². The fourth-order valence-corrected chi connectivity index (χ4v) is 3.34. The molecule has 2 heterocycles. The molecule has 20 heavy (non-hydrogen) atoms. The van der Waals surface area contributed by atoms with Gasteiger partial charge in [0.15, 0.2) is 0 Å². The highest BCUT2D eigenvalue weighted by Gasteiger charge is 2.22. The van der Waals surface area contributed by atoms with Crippen LogP contribution in [-0.4, -0.2) is 21.6 Å². The molecule has 1 aliphatic rings. The van der Waals surface area contributed by atoms with Gasteiger partial charge >= 0.3 is 0 Å². The van der Waals surface area contributed by atoms with Gasteiger partial charge in [-0.1, -0.05) is 6.42 Å². The summed E-state index contributed by atoms with van der Waals surface area (Å²) in [6.45, 7) is 1.31. The minimum Gasteiger partial charge on any atom is -0.387 e. The number of nitrogens with zero attached hydrogens (tertiary/aromatic N) is 2. The first-order chi connectivity index (χ1) is 9.83. The van der Waals surface area contributed by atoms with Gasteiger partial charge in [-0.15, -0.1) is 11.3 Å². The maximum absolute atomic E-state index is 10.0. The van der Waals surface area contributed by atoms with E-state index in [1.807, 2.05) is 18.3 Å². The number of pyridine rings is 1. The summed E-state index contributed by atoms with van der Waals surface area (Å²) in [5, 5.41) is 14.6. The van der Waals surface area contributed by atoms with Crippen LogP contribution in [0, 0.1) is 0 Å². The second kappa shape index (κ2) is 6.43. The molecule has 1 aliphatic carbocycles. The number of hydrogen-bond acceptors (Lipinski definition) is 5. The van der Waals surface area contributed by atoms with E-state index >= 15 is 0 Å². The van der Waals surface area contributed by atoms with Crippen molar-refractivity contribution in [1.82, 2.24) is 15.3 Å². The van der Waals surface area contributed by atoms with Gasteiger partial charge in [0.1, 0.15) is 0 Å². The lowest BCUT2D eigenvalue weighted by Gasteiger charge is -2.22. The highest BCUT2D eigenvalue weighted by Crippen LogP contribution is 2.38. The molecule has 4 nitrogen and oxygen atoms in total. The first-order valence-corrected chi connectivity index (χ1v) is 7.88. The SMILES string of the molecule is OC(CNCc1cnc(C2CCC2)s1)c1ccncc1.